The van der Waals surface area contributed by atoms with E-state index in [9.17, 15) is 0 Å². The molecule has 9 aromatic carbocycles. The number of carbonyl (C=O) groups excluding carboxylic acids is 1. The van der Waals surface area contributed by atoms with Crippen LogP contribution >= 0.6 is 0 Å². The van der Waals surface area contributed by atoms with Crippen molar-refractivity contribution in [3.63, 3.8) is 0 Å². The summed E-state index contributed by atoms with van der Waals surface area (Å²) in [5, 5.41) is 0. The molecule has 0 aromatic heterocycles. The zero-order valence-corrected chi connectivity index (χ0v) is 40.3. The van der Waals surface area contributed by atoms with Gasteiger partial charge in [0.15, 0.2) is 0 Å². The van der Waals surface area contributed by atoms with Gasteiger partial charge < -0.3 is 4.28 Å². The Morgan fingerprint density at radius 1 is 0.200 bits per heavy atom. The van der Waals surface area contributed by atoms with Crippen molar-refractivity contribution < 1.29 is 28.6 Å². The minimum absolute atomic E-state index is 0. The van der Waals surface area contributed by atoms with E-state index >= 15 is 0 Å². The van der Waals surface area contributed by atoms with Crippen LogP contribution in [0.3, 0.4) is 0 Å². The summed E-state index contributed by atoms with van der Waals surface area (Å²) in [7, 11) is 0. The molecular formula is C55H48As3ORh. The van der Waals surface area contributed by atoms with Gasteiger partial charge in [-0.25, -0.2) is 0 Å². The van der Waals surface area contributed by atoms with Crippen LogP contribution in [0.1, 0.15) is 4.28 Å². The first-order valence-electron chi connectivity index (χ1n) is 19.4. The van der Waals surface area contributed by atoms with Crippen molar-refractivity contribution in [1.82, 2.24) is 0 Å². The van der Waals surface area contributed by atoms with Crippen LogP contribution in [0.5, 0.6) is 0 Å². The molecule has 9 aromatic rings. The monoisotopic (exact) mass is 1050 g/mol. The average Bonchev–Trinajstić information content (AvgIpc) is 3.34. The molecule has 5 heteroatoms. The van der Waals surface area contributed by atoms with Crippen LogP contribution < -0.4 is 39.2 Å². The van der Waals surface area contributed by atoms with Gasteiger partial charge in [0.05, 0.1) is 0 Å². The number of hydrogen-bond acceptors (Lipinski definition) is 1. The summed E-state index contributed by atoms with van der Waals surface area (Å²) in [5.74, 6) is 0. The molecular weight excluding hydrogens is 1000 g/mol. The van der Waals surface area contributed by atoms with E-state index in [1.54, 1.807) is 0 Å². The van der Waals surface area contributed by atoms with E-state index in [0.717, 1.165) is 0 Å². The molecule has 0 bridgehead atoms. The Balaban J connectivity index is 0.000000309. The molecule has 298 valence electrons. The van der Waals surface area contributed by atoms with Crippen LogP contribution in [0, 0.1) is 0 Å². The first-order chi connectivity index (χ1) is 29.3. The van der Waals surface area contributed by atoms with Crippen molar-refractivity contribution in [1.29, 1.82) is 0 Å². The van der Waals surface area contributed by atoms with Crippen molar-refractivity contribution in [3.8, 4) is 0 Å². The van der Waals surface area contributed by atoms with Crippen LogP contribution in [0.2, 0.25) is 0 Å². The Kier molecular flexibility index (Phi) is 20.1. The molecule has 0 N–H and O–H groups in total. The van der Waals surface area contributed by atoms with Crippen LogP contribution in [0.4, 0.5) is 0 Å². The maximum atomic E-state index is 7.50. The van der Waals surface area contributed by atoms with Gasteiger partial charge in [0.2, 0.25) is 0 Å². The summed E-state index contributed by atoms with van der Waals surface area (Å²) >= 11 is -4.17. The van der Waals surface area contributed by atoms with Gasteiger partial charge in [-0.2, -0.15) is 0 Å². The predicted molar refractivity (Wildman–Crippen MR) is 261 cm³/mol. The molecule has 0 unspecified atom stereocenters. The molecule has 0 fully saturated rings. The molecule has 0 aliphatic heterocycles. The fraction of sp³-hybridized carbons (Fsp3) is 0. The van der Waals surface area contributed by atoms with Gasteiger partial charge in [-0.1, -0.05) is 0 Å². The van der Waals surface area contributed by atoms with Gasteiger partial charge in [-0.3, -0.25) is 4.79 Å². The first kappa shape index (κ1) is 46.0. The Labute approximate surface area is 388 Å². The summed E-state index contributed by atoms with van der Waals surface area (Å²) < 4.78 is 13.3. The van der Waals surface area contributed by atoms with Crippen molar-refractivity contribution in [2.45, 2.75) is 0 Å². The molecule has 0 saturated carbocycles. The van der Waals surface area contributed by atoms with E-state index < -0.39 is 44.0 Å². The average molecular weight is 1050 g/mol. The second-order valence-corrected chi connectivity index (χ2v) is 27.0. The third-order valence-corrected chi connectivity index (χ3v) is 24.5. The summed E-state index contributed by atoms with van der Waals surface area (Å²) in [6.07, 6.45) is 0. The number of hydrogen-bond donors (Lipinski definition) is 0. The van der Waals surface area contributed by atoms with Crippen molar-refractivity contribution in [2.75, 3.05) is 0 Å². The van der Waals surface area contributed by atoms with E-state index in [4.69, 9.17) is 4.79 Å². The second-order valence-electron chi connectivity index (χ2n) is 13.0. The molecule has 1 nitrogen and oxygen atoms in total. The van der Waals surface area contributed by atoms with Gasteiger partial charge >= 0.3 is 376 Å². The molecule has 0 aliphatic rings. The van der Waals surface area contributed by atoms with Gasteiger partial charge in [0.25, 0.3) is 6.79 Å². The van der Waals surface area contributed by atoms with Crippen LogP contribution in [0.25, 0.3) is 0 Å². The molecule has 0 atom stereocenters. The maximum absolute atomic E-state index is 7.50. The molecule has 9 rings (SSSR count). The molecule has 0 spiro atoms. The molecule has 2 radical (unpaired) electrons. The van der Waals surface area contributed by atoms with E-state index in [0.29, 0.717) is 0 Å². The normalized spacial score (nSPS) is 10.1. The Morgan fingerprint density at radius 2 is 0.283 bits per heavy atom. The van der Waals surface area contributed by atoms with Crippen LogP contribution in [0.15, 0.2) is 273 Å². The Morgan fingerprint density at radius 3 is 0.367 bits per heavy atom. The summed E-state index contributed by atoms with van der Waals surface area (Å²) in [6.45, 7) is 4.50. The zero-order chi connectivity index (χ0) is 40.7. The SMILES string of the molecule is [C]=O.[H-].[H-].[H-].[Rh+3].c1ccc([As](c2ccccc2)c2ccccc2)cc1.c1ccc([As](c2ccccc2)c2ccccc2)cc1.c1ccc([As](c2ccccc2)c2ccccc2)cc1. The second kappa shape index (κ2) is 26.2. The van der Waals surface area contributed by atoms with Gasteiger partial charge in [-0.05, 0) is 0 Å². The fourth-order valence-electron chi connectivity index (χ4n) is 6.54. The molecule has 60 heavy (non-hydrogen) atoms. The first-order valence-corrected chi connectivity index (χ1v) is 27.9. The predicted octanol–water partition coefficient (Wildman–Crippen LogP) is 6.55. The minimum atomic E-state index is -1.39. The number of rotatable bonds is 9. The third-order valence-electron chi connectivity index (χ3n) is 9.13. The molecule has 0 heterocycles. The van der Waals surface area contributed by atoms with E-state index in [1.165, 1.54) is 39.2 Å². The standard InChI is InChI=1S/3C18H15As.CO.Rh.3H/c3*1-4-10-16(11-5-1)19(17-12-6-2-7-13-17)18-14-8-3-9-15-18;1-2;;;;/h3*1-15H;;;;;/q;;;;+3;3*-1. The molecule has 0 saturated heterocycles. The Hall–Kier alpha value is -5.05. The van der Waals surface area contributed by atoms with Crippen molar-refractivity contribution >= 4 is 89.9 Å². The third kappa shape index (κ3) is 13.5. The van der Waals surface area contributed by atoms with Gasteiger partial charge in [0, 0.05) is 0 Å². The Bertz CT molecular complexity index is 1900. The fourth-order valence-corrected chi connectivity index (χ4v) is 21.0. The molecule has 0 amide bonds. The zero-order valence-electron chi connectivity index (χ0n) is 36.1. The van der Waals surface area contributed by atoms with E-state index in [1.807, 2.05) is 0 Å². The molecule has 0 aliphatic carbocycles. The summed E-state index contributed by atoms with van der Waals surface area (Å²) in [6, 6.07) is 98.1. The van der Waals surface area contributed by atoms with Crippen molar-refractivity contribution in [3.05, 3.63) is 273 Å². The summed E-state index contributed by atoms with van der Waals surface area (Å²) in [5.41, 5.74) is 0. The van der Waals surface area contributed by atoms with E-state index in [2.05, 4.69) is 280 Å². The summed E-state index contributed by atoms with van der Waals surface area (Å²) in [4.78, 5) is 7.50. The van der Waals surface area contributed by atoms with Gasteiger partial charge in [-0.15, -0.1) is 0 Å². The number of benzene rings is 9. The van der Waals surface area contributed by atoms with E-state index in [-0.39, 0.29) is 23.8 Å². The quantitative estimate of drug-likeness (QED) is 0.150. The van der Waals surface area contributed by atoms with Crippen LogP contribution in [-0.2, 0) is 24.3 Å². The van der Waals surface area contributed by atoms with Crippen molar-refractivity contribution in [2.24, 2.45) is 0 Å². The van der Waals surface area contributed by atoms with Crippen LogP contribution in [-0.4, -0.2) is 50.7 Å². The van der Waals surface area contributed by atoms with Gasteiger partial charge in [0.1, 0.15) is 0 Å². The topological polar surface area (TPSA) is 17.1 Å².